The van der Waals surface area contributed by atoms with Gasteiger partial charge in [-0.3, -0.25) is 0 Å². The third-order valence-electron chi connectivity index (χ3n) is 3.46. The molecule has 22 heavy (non-hydrogen) atoms. The summed E-state index contributed by atoms with van der Waals surface area (Å²) in [6.45, 7) is 4.91. The number of carbonyl (C=O) groups is 1. The van der Waals surface area contributed by atoms with Crippen LogP contribution in [0.3, 0.4) is 0 Å². The van der Waals surface area contributed by atoms with Crippen molar-refractivity contribution in [2.24, 2.45) is 0 Å². The van der Waals surface area contributed by atoms with Crippen LogP contribution in [0.1, 0.15) is 21.5 Å². The van der Waals surface area contributed by atoms with Crippen LogP contribution in [0.5, 0.6) is 5.75 Å². The van der Waals surface area contributed by atoms with Crippen LogP contribution in [0, 0.1) is 13.8 Å². The SMILES string of the molecule is Cc1cccc(OCCNc2c(Cl)cccc2C(=O)O)c1C. The van der Waals surface area contributed by atoms with Crippen molar-refractivity contribution < 1.29 is 14.6 Å². The van der Waals surface area contributed by atoms with Crippen LogP contribution < -0.4 is 10.1 Å². The molecule has 0 spiro atoms. The molecular formula is C17H18ClNO3. The summed E-state index contributed by atoms with van der Waals surface area (Å²) in [4.78, 5) is 11.2. The number of aryl methyl sites for hydroxylation is 1. The molecule has 2 aromatic rings. The zero-order valence-electron chi connectivity index (χ0n) is 12.5. The van der Waals surface area contributed by atoms with Crippen LogP contribution in [0.4, 0.5) is 5.69 Å². The summed E-state index contributed by atoms with van der Waals surface area (Å²) in [5.41, 5.74) is 2.84. The molecule has 2 N–H and O–H groups in total. The fourth-order valence-corrected chi connectivity index (χ4v) is 2.34. The summed E-state index contributed by atoms with van der Waals surface area (Å²) in [5.74, 6) is -0.181. The monoisotopic (exact) mass is 319 g/mol. The Labute approximate surface area is 134 Å². The van der Waals surface area contributed by atoms with Gasteiger partial charge in [0.25, 0.3) is 0 Å². The van der Waals surface area contributed by atoms with Gasteiger partial charge in [0.1, 0.15) is 12.4 Å². The lowest BCUT2D eigenvalue weighted by Gasteiger charge is -2.14. The van der Waals surface area contributed by atoms with Crippen molar-refractivity contribution in [3.8, 4) is 5.75 Å². The van der Waals surface area contributed by atoms with Crippen molar-refractivity contribution in [3.05, 3.63) is 58.1 Å². The molecule has 0 saturated heterocycles. The van der Waals surface area contributed by atoms with E-state index in [4.69, 9.17) is 21.4 Å². The van der Waals surface area contributed by atoms with E-state index in [1.54, 1.807) is 12.1 Å². The highest BCUT2D eigenvalue weighted by atomic mass is 35.5. The predicted molar refractivity (Wildman–Crippen MR) is 88.3 cm³/mol. The lowest BCUT2D eigenvalue weighted by atomic mass is 10.1. The number of para-hydroxylation sites is 1. The first-order chi connectivity index (χ1) is 10.5. The molecule has 0 aliphatic carbocycles. The molecule has 2 aromatic carbocycles. The lowest BCUT2D eigenvalue weighted by Crippen LogP contribution is -2.14. The molecule has 5 heteroatoms. The maximum atomic E-state index is 11.2. The first-order valence-corrected chi connectivity index (χ1v) is 7.33. The Balaban J connectivity index is 1.97. The molecule has 0 amide bonds. The molecule has 0 heterocycles. The van der Waals surface area contributed by atoms with Crippen molar-refractivity contribution in [3.63, 3.8) is 0 Å². The van der Waals surface area contributed by atoms with Gasteiger partial charge in [0, 0.05) is 6.54 Å². The minimum Gasteiger partial charge on any atom is -0.491 e. The molecule has 0 saturated carbocycles. The van der Waals surface area contributed by atoms with Gasteiger partial charge < -0.3 is 15.2 Å². The molecule has 0 unspecified atom stereocenters. The van der Waals surface area contributed by atoms with E-state index >= 15 is 0 Å². The van der Waals surface area contributed by atoms with Gasteiger partial charge in [0.2, 0.25) is 0 Å². The normalized spacial score (nSPS) is 10.3. The van der Waals surface area contributed by atoms with E-state index in [1.807, 2.05) is 32.0 Å². The number of anilines is 1. The minimum absolute atomic E-state index is 0.152. The number of rotatable bonds is 6. The number of hydrogen-bond donors (Lipinski definition) is 2. The second-order valence-corrected chi connectivity index (χ2v) is 5.35. The topological polar surface area (TPSA) is 58.6 Å². The Kier molecular flexibility index (Phi) is 5.28. The van der Waals surface area contributed by atoms with E-state index in [1.165, 1.54) is 11.6 Å². The Morgan fingerprint density at radius 3 is 2.68 bits per heavy atom. The van der Waals surface area contributed by atoms with Gasteiger partial charge in [-0.2, -0.15) is 0 Å². The van der Waals surface area contributed by atoms with Gasteiger partial charge in [0.15, 0.2) is 0 Å². The Bertz CT molecular complexity index is 686. The van der Waals surface area contributed by atoms with Gasteiger partial charge >= 0.3 is 5.97 Å². The van der Waals surface area contributed by atoms with Crippen molar-refractivity contribution >= 4 is 23.3 Å². The third kappa shape index (κ3) is 3.71. The number of hydrogen-bond acceptors (Lipinski definition) is 3. The van der Waals surface area contributed by atoms with E-state index in [-0.39, 0.29) is 5.56 Å². The molecule has 2 rings (SSSR count). The molecule has 0 aliphatic rings. The zero-order chi connectivity index (χ0) is 16.1. The second-order valence-electron chi connectivity index (χ2n) is 4.94. The molecule has 116 valence electrons. The number of carboxylic acids is 1. The summed E-state index contributed by atoms with van der Waals surface area (Å²) in [6, 6.07) is 10.7. The summed E-state index contributed by atoms with van der Waals surface area (Å²) in [7, 11) is 0. The zero-order valence-corrected chi connectivity index (χ0v) is 13.3. The van der Waals surface area contributed by atoms with Gasteiger partial charge in [-0.25, -0.2) is 4.79 Å². The quantitative estimate of drug-likeness (QED) is 0.785. The smallest absolute Gasteiger partial charge is 0.337 e. The van der Waals surface area contributed by atoms with E-state index in [2.05, 4.69) is 5.32 Å². The van der Waals surface area contributed by atoms with E-state index in [9.17, 15) is 4.79 Å². The van der Waals surface area contributed by atoms with E-state index in [0.29, 0.717) is 23.9 Å². The summed E-state index contributed by atoms with van der Waals surface area (Å²) in [5, 5.41) is 12.6. The summed E-state index contributed by atoms with van der Waals surface area (Å²) < 4.78 is 5.73. The van der Waals surface area contributed by atoms with Gasteiger partial charge in [-0.15, -0.1) is 0 Å². The van der Waals surface area contributed by atoms with Crippen LogP contribution in [0.25, 0.3) is 0 Å². The molecular weight excluding hydrogens is 302 g/mol. The molecule has 0 fully saturated rings. The van der Waals surface area contributed by atoms with Gasteiger partial charge in [0.05, 0.1) is 16.3 Å². The lowest BCUT2D eigenvalue weighted by molar-refractivity contribution is 0.0698. The number of nitrogens with one attached hydrogen (secondary N) is 1. The van der Waals surface area contributed by atoms with Crippen LogP contribution in [-0.2, 0) is 0 Å². The first-order valence-electron chi connectivity index (χ1n) is 6.95. The fraction of sp³-hybridized carbons (Fsp3) is 0.235. The van der Waals surface area contributed by atoms with Gasteiger partial charge in [-0.1, -0.05) is 29.8 Å². The average Bonchev–Trinajstić information content (AvgIpc) is 2.48. The molecule has 0 atom stereocenters. The van der Waals surface area contributed by atoms with E-state index < -0.39 is 5.97 Å². The number of ether oxygens (including phenoxy) is 1. The molecule has 4 nitrogen and oxygen atoms in total. The fourth-order valence-electron chi connectivity index (χ4n) is 2.10. The highest BCUT2D eigenvalue weighted by molar-refractivity contribution is 6.34. The Hall–Kier alpha value is -2.20. The summed E-state index contributed by atoms with van der Waals surface area (Å²) >= 11 is 6.05. The molecule has 0 radical (unpaired) electrons. The van der Waals surface area contributed by atoms with Crippen molar-refractivity contribution in [1.29, 1.82) is 0 Å². The van der Waals surface area contributed by atoms with Crippen molar-refractivity contribution in [2.45, 2.75) is 13.8 Å². The predicted octanol–water partition coefficient (Wildman–Crippen LogP) is 4.15. The second kappa shape index (κ2) is 7.18. The number of carboxylic acid groups (broad SMARTS) is 1. The first kappa shape index (κ1) is 16.2. The maximum absolute atomic E-state index is 11.2. The minimum atomic E-state index is -1.01. The third-order valence-corrected chi connectivity index (χ3v) is 3.78. The maximum Gasteiger partial charge on any atom is 0.337 e. The molecule has 0 aromatic heterocycles. The number of aromatic carboxylic acids is 1. The van der Waals surface area contributed by atoms with Crippen LogP contribution in [-0.4, -0.2) is 24.2 Å². The average molecular weight is 320 g/mol. The number of halogens is 1. The van der Waals surface area contributed by atoms with Crippen LogP contribution in [0.2, 0.25) is 5.02 Å². The standard InChI is InChI=1S/C17H18ClNO3/c1-11-5-3-8-15(12(11)2)22-10-9-19-16-13(17(20)21)6-4-7-14(16)18/h3-8,19H,9-10H2,1-2H3,(H,20,21). The van der Waals surface area contributed by atoms with Crippen molar-refractivity contribution in [2.75, 3.05) is 18.5 Å². The van der Waals surface area contributed by atoms with Crippen LogP contribution >= 0.6 is 11.6 Å². The highest BCUT2D eigenvalue weighted by Gasteiger charge is 2.12. The number of benzene rings is 2. The van der Waals surface area contributed by atoms with Crippen molar-refractivity contribution in [1.82, 2.24) is 0 Å². The molecule has 0 bridgehead atoms. The van der Waals surface area contributed by atoms with E-state index in [0.717, 1.165) is 11.3 Å². The molecule has 0 aliphatic heterocycles. The highest BCUT2D eigenvalue weighted by Crippen LogP contribution is 2.26. The largest absolute Gasteiger partial charge is 0.491 e. The Morgan fingerprint density at radius 1 is 1.23 bits per heavy atom. The van der Waals surface area contributed by atoms with Crippen LogP contribution in [0.15, 0.2) is 36.4 Å². The Morgan fingerprint density at radius 2 is 1.95 bits per heavy atom. The summed E-state index contributed by atoms with van der Waals surface area (Å²) in [6.07, 6.45) is 0. The van der Waals surface area contributed by atoms with Gasteiger partial charge in [-0.05, 0) is 43.2 Å².